The summed E-state index contributed by atoms with van der Waals surface area (Å²) in [4.78, 5) is 11.1. The van der Waals surface area contributed by atoms with E-state index in [2.05, 4.69) is 41.0 Å². The molecule has 0 amide bonds. The molecule has 24 heavy (non-hydrogen) atoms. The third-order valence-corrected chi connectivity index (χ3v) is 3.89. The zero-order valence-corrected chi connectivity index (χ0v) is 15.5. The molecule has 134 valence electrons. The molecule has 0 radical (unpaired) electrons. The number of hydrogen-bond acceptors (Lipinski definition) is 4. The lowest BCUT2D eigenvalue weighted by molar-refractivity contribution is -0.0772. The van der Waals surface area contributed by atoms with Gasteiger partial charge in [-0.2, -0.15) is 0 Å². The fraction of sp³-hybridized carbons (Fsp3) is 0.667. The van der Waals surface area contributed by atoms with E-state index in [1.807, 2.05) is 25.2 Å². The zero-order valence-electron chi connectivity index (χ0n) is 15.5. The van der Waals surface area contributed by atoms with Crippen molar-refractivity contribution in [3.63, 3.8) is 0 Å². The fourth-order valence-electron chi connectivity index (χ4n) is 2.86. The van der Waals surface area contributed by atoms with E-state index in [9.17, 15) is 0 Å². The quantitative estimate of drug-likeness (QED) is 0.677. The van der Waals surface area contributed by atoms with E-state index < -0.39 is 0 Å². The number of rotatable bonds is 4. The predicted octanol–water partition coefficient (Wildman–Crippen LogP) is 2.45. The molecule has 0 bridgehead atoms. The highest BCUT2D eigenvalue weighted by molar-refractivity contribution is 5.79. The molecule has 2 heterocycles. The standard InChI is InChI=1S/C18H30N4O2/c1-18(2,3)24-15-9-11-22(12-10-15)17(19-4)20-13-14-7-6-8-16(21-14)23-5/h6-8,15H,9-13H2,1-5H3,(H,19,20). The number of aromatic nitrogens is 1. The van der Waals surface area contributed by atoms with Gasteiger partial charge in [0.05, 0.1) is 31.1 Å². The maximum atomic E-state index is 6.08. The van der Waals surface area contributed by atoms with Crippen molar-refractivity contribution in [2.45, 2.75) is 51.9 Å². The Balaban J connectivity index is 1.84. The Morgan fingerprint density at radius 1 is 1.33 bits per heavy atom. The average Bonchev–Trinajstić information content (AvgIpc) is 2.55. The van der Waals surface area contributed by atoms with Crippen molar-refractivity contribution in [3.05, 3.63) is 23.9 Å². The summed E-state index contributed by atoms with van der Waals surface area (Å²) in [6, 6.07) is 5.77. The van der Waals surface area contributed by atoms with Gasteiger partial charge in [0.1, 0.15) is 0 Å². The Morgan fingerprint density at radius 3 is 2.62 bits per heavy atom. The average molecular weight is 334 g/mol. The van der Waals surface area contributed by atoms with Crippen LogP contribution in [0.5, 0.6) is 5.88 Å². The van der Waals surface area contributed by atoms with Crippen molar-refractivity contribution in [2.24, 2.45) is 4.99 Å². The van der Waals surface area contributed by atoms with Crippen LogP contribution in [-0.2, 0) is 11.3 Å². The summed E-state index contributed by atoms with van der Waals surface area (Å²) in [6.45, 7) is 8.86. The largest absolute Gasteiger partial charge is 0.481 e. The van der Waals surface area contributed by atoms with Crippen LogP contribution in [0.25, 0.3) is 0 Å². The van der Waals surface area contributed by atoms with Crippen molar-refractivity contribution >= 4 is 5.96 Å². The summed E-state index contributed by atoms with van der Waals surface area (Å²) < 4.78 is 11.2. The highest BCUT2D eigenvalue weighted by atomic mass is 16.5. The number of pyridine rings is 1. The second-order valence-electron chi connectivity index (χ2n) is 6.99. The van der Waals surface area contributed by atoms with Gasteiger partial charge in [-0.3, -0.25) is 4.99 Å². The first-order chi connectivity index (χ1) is 11.4. The van der Waals surface area contributed by atoms with Gasteiger partial charge in [0.2, 0.25) is 5.88 Å². The molecule has 6 heteroatoms. The van der Waals surface area contributed by atoms with Crippen LogP contribution in [0.4, 0.5) is 0 Å². The summed E-state index contributed by atoms with van der Waals surface area (Å²) in [5.74, 6) is 1.54. The molecule has 1 saturated heterocycles. The minimum atomic E-state index is -0.0786. The van der Waals surface area contributed by atoms with Crippen LogP contribution in [0.3, 0.4) is 0 Å². The Labute approximate surface area is 145 Å². The van der Waals surface area contributed by atoms with E-state index in [0.717, 1.165) is 37.6 Å². The van der Waals surface area contributed by atoms with Crippen molar-refractivity contribution in [2.75, 3.05) is 27.2 Å². The van der Waals surface area contributed by atoms with E-state index in [-0.39, 0.29) is 5.60 Å². The minimum absolute atomic E-state index is 0.0786. The van der Waals surface area contributed by atoms with Crippen molar-refractivity contribution in [3.8, 4) is 5.88 Å². The SMILES string of the molecule is CN=C(NCc1cccc(OC)n1)N1CCC(OC(C)(C)C)CC1. The second kappa shape index (κ2) is 8.33. The second-order valence-corrected chi connectivity index (χ2v) is 6.99. The van der Waals surface area contributed by atoms with Crippen LogP contribution in [-0.4, -0.2) is 54.8 Å². The van der Waals surface area contributed by atoms with E-state index in [4.69, 9.17) is 9.47 Å². The van der Waals surface area contributed by atoms with Crippen LogP contribution in [0, 0.1) is 0 Å². The highest BCUT2D eigenvalue weighted by Crippen LogP contribution is 2.20. The first-order valence-corrected chi connectivity index (χ1v) is 8.54. The lowest BCUT2D eigenvalue weighted by Gasteiger charge is -2.36. The zero-order chi connectivity index (χ0) is 17.6. The molecular formula is C18H30N4O2. The number of nitrogens with one attached hydrogen (secondary N) is 1. The Morgan fingerprint density at radius 2 is 2.04 bits per heavy atom. The molecule has 1 aliphatic heterocycles. The summed E-state index contributed by atoms with van der Waals surface area (Å²) in [7, 11) is 3.45. The summed E-state index contributed by atoms with van der Waals surface area (Å²) in [5, 5.41) is 3.39. The summed E-state index contributed by atoms with van der Waals surface area (Å²) in [5.41, 5.74) is 0.853. The van der Waals surface area contributed by atoms with E-state index in [1.165, 1.54) is 0 Å². The minimum Gasteiger partial charge on any atom is -0.481 e. The van der Waals surface area contributed by atoms with Gasteiger partial charge in [0.25, 0.3) is 0 Å². The van der Waals surface area contributed by atoms with Gasteiger partial charge in [-0.25, -0.2) is 4.98 Å². The predicted molar refractivity (Wildman–Crippen MR) is 96.4 cm³/mol. The number of ether oxygens (including phenoxy) is 2. The molecule has 0 unspecified atom stereocenters. The molecule has 0 spiro atoms. The van der Waals surface area contributed by atoms with Crippen LogP contribution in [0.1, 0.15) is 39.3 Å². The normalized spacial score (nSPS) is 17.0. The Bertz CT molecular complexity index is 546. The third kappa shape index (κ3) is 5.67. The topological polar surface area (TPSA) is 59.0 Å². The van der Waals surface area contributed by atoms with Crippen LogP contribution in [0.15, 0.2) is 23.2 Å². The van der Waals surface area contributed by atoms with Crippen LogP contribution >= 0.6 is 0 Å². The molecule has 1 fully saturated rings. The Kier molecular flexibility index (Phi) is 6.43. The number of likely N-dealkylation sites (tertiary alicyclic amines) is 1. The first kappa shape index (κ1) is 18.5. The van der Waals surface area contributed by atoms with Crippen LogP contribution in [0.2, 0.25) is 0 Å². The Hall–Kier alpha value is -1.82. The summed E-state index contributed by atoms with van der Waals surface area (Å²) >= 11 is 0. The molecule has 2 rings (SSSR count). The number of hydrogen-bond donors (Lipinski definition) is 1. The van der Waals surface area contributed by atoms with Crippen LogP contribution < -0.4 is 10.1 Å². The molecule has 1 aromatic heterocycles. The van der Waals surface area contributed by atoms with E-state index in [1.54, 1.807) is 7.11 Å². The van der Waals surface area contributed by atoms with Gasteiger partial charge in [-0.05, 0) is 39.7 Å². The number of aliphatic imine (C=N–C) groups is 1. The maximum Gasteiger partial charge on any atom is 0.213 e. The molecule has 6 nitrogen and oxygen atoms in total. The molecule has 0 atom stereocenters. The monoisotopic (exact) mass is 334 g/mol. The van der Waals surface area contributed by atoms with Gasteiger partial charge in [-0.1, -0.05) is 6.07 Å². The van der Waals surface area contributed by atoms with Crippen molar-refractivity contribution in [1.29, 1.82) is 0 Å². The molecule has 1 aliphatic rings. The lowest BCUT2D eigenvalue weighted by Crippen LogP contribution is -2.47. The van der Waals surface area contributed by atoms with Gasteiger partial charge in [0.15, 0.2) is 5.96 Å². The van der Waals surface area contributed by atoms with Gasteiger partial charge in [0, 0.05) is 26.2 Å². The molecule has 0 saturated carbocycles. The number of methoxy groups -OCH3 is 1. The van der Waals surface area contributed by atoms with Gasteiger partial charge in [-0.15, -0.1) is 0 Å². The first-order valence-electron chi connectivity index (χ1n) is 8.54. The van der Waals surface area contributed by atoms with Crippen molar-refractivity contribution < 1.29 is 9.47 Å². The fourth-order valence-corrected chi connectivity index (χ4v) is 2.86. The van der Waals surface area contributed by atoms with Gasteiger partial charge >= 0.3 is 0 Å². The number of piperidine rings is 1. The molecule has 1 aromatic rings. The molecular weight excluding hydrogens is 304 g/mol. The lowest BCUT2D eigenvalue weighted by atomic mass is 10.1. The summed E-state index contributed by atoms with van der Waals surface area (Å²) in [6.07, 6.45) is 2.38. The van der Waals surface area contributed by atoms with E-state index >= 15 is 0 Å². The molecule has 1 N–H and O–H groups in total. The van der Waals surface area contributed by atoms with E-state index in [0.29, 0.717) is 18.5 Å². The highest BCUT2D eigenvalue weighted by Gasteiger charge is 2.25. The molecule has 0 aliphatic carbocycles. The number of guanidine groups is 1. The van der Waals surface area contributed by atoms with Gasteiger partial charge < -0.3 is 19.7 Å². The number of nitrogens with zero attached hydrogens (tertiary/aromatic N) is 3. The van der Waals surface area contributed by atoms with Crippen molar-refractivity contribution in [1.82, 2.24) is 15.2 Å². The third-order valence-electron chi connectivity index (χ3n) is 3.89. The smallest absolute Gasteiger partial charge is 0.213 e. The molecule has 0 aromatic carbocycles. The maximum absolute atomic E-state index is 6.08.